The van der Waals surface area contributed by atoms with Crippen molar-refractivity contribution in [1.82, 2.24) is 5.32 Å². The van der Waals surface area contributed by atoms with E-state index in [4.69, 9.17) is 5.73 Å². The Morgan fingerprint density at radius 3 is 2.63 bits per heavy atom. The van der Waals surface area contributed by atoms with Crippen molar-refractivity contribution in [2.75, 3.05) is 6.54 Å². The highest BCUT2D eigenvalue weighted by atomic mass is 79.9. The monoisotopic (exact) mass is 326 g/mol. The lowest BCUT2D eigenvalue weighted by Crippen LogP contribution is -2.52. The molecule has 3 N–H and O–H groups in total. The molecular weight excluding hydrogens is 304 g/mol. The molecule has 0 aliphatic carbocycles. The summed E-state index contributed by atoms with van der Waals surface area (Å²) in [5.41, 5.74) is 7.11. The molecule has 3 nitrogen and oxygen atoms in total. The third kappa shape index (κ3) is 4.32. The van der Waals surface area contributed by atoms with Crippen LogP contribution in [0, 0.1) is 12.8 Å². The van der Waals surface area contributed by atoms with Crippen LogP contribution in [0.2, 0.25) is 0 Å². The van der Waals surface area contributed by atoms with Crippen LogP contribution in [0.5, 0.6) is 0 Å². The first-order valence-corrected chi connectivity index (χ1v) is 7.36. The molecule has 1 rings (SSSR count). The maximum absolute atomic E-state index is 12.4. The van der Waals surface area contributed by atoms with Gasteiger partial charge in [-0.2, -0.15) is 0 Å². The Morgan fingerprint density at radius 1 is 1.47 bits per heavy atom. The van der Waals surface area contributed by atoms with Crippen molar-refractivity contribution in [2.45, 2.75) is 39.7 Å². The fourth-order valence-corrected chi connectivity index (χ4v) is 2.65. The summed E-state index contributed by atoms with van der Waals surface area (Å²) in [5, 5.41) is 3.07. The second-order valence-corrected chi connectivity index (χ2v) is 6.58. The molecule has 0 aliphatic rings. The lowest BCUT2D eigenvalue weighted by molar-refractivity contribution is 0.0897. The lowest BCUT2D eigenvalue weighted by atomic mass is 9.90. The molecule has 0 aromatic heterocycles. The number of hydrogen-bond acceptors (Lipinski definition) is 2. The molecule has 0 aliphatic heterocycles. The third-order valence-corrected chi connectivity index (χ3v) is 4.10. The van der Waals surface area contributed by atoms with E-state index in [0.717, 1.165) is 16.5 Å². The van der Waals surface area contributed by atoms with Crippen molar-refractivity contribution in [3.05, 3.63) is 33.8 Å². The predicted octanol–water partition coefficient (Wildman–Crippen LogP) is 3.25. The summed E-state index contributed by atoms with van der Waals surface area (Å²) in [6, 6.07) is 5.64. The van der Waals surface area contributed by atoms with Gasteiger partial charge in [-0.25, -0.2) is 0 Å². The van der Waals surface area contributed by atoms with Crippen LogP contribution in [0.15, 0.2) is 22.7 Å². The molecule has 0 radical (unpaired) electrons. The van der Waals surface area contributed by atoms with Crippen LogP contribution in [-0.2, 0) is 0 Å². The average Bonchev–Trinajstić information content (AvgIpc) is 2.31. The Bertz CT molecular complexity index is 459. The summed E-state index contributed by atoms with van der Waals surface area (Å²) in [6.45, 7) is 8.62. The maximum Gasteiger partial charge on any atom is 0.252 e. The molecule has 1 aromatic carbocycles. The Labute approximate surface area is 124 Å². The molecule has 1 atom stereocenters. The van der Waals surface area contributed by atoms with Gasteiger partial charge in [0.1, 0.15) is 0 Å². The van der Waals surface area contributed by atoms with Gasteiger partial charge < -0.3 is 11.1 Å². The minimum Gasteiger partial charge on any atom is -0.346 e. The topological polar surface area (TPSA) is 55.1 Å². The second-order valence-electron chi connectivity index (χ2n) is 5.73. The average molecular weight is 327 g/mol. The van der Waals surface area contributed by atoms with E-state index in [1.54, 1.807) is 0 Å². The van der Waals surface area contributed by atoms with E-state index < -0.39 is 0 Å². The van der Waals surface area contributed by atoms with Gasteiger partial charge in [-0.05, 0) is 43.9 Å². The summed E-state index contributed by atoms with van der Waals surface area (Å²) < 4.78 is 0.943. The van der Waals surface area contributed by atoms with Crippen molar-refractivity contribution >= 4 is 21.8 Å². The molecule has 0 spiro atoms. The number of carbonyl (C=O) groups excluding carboxylic acids is 1. The van der Waals surface area contributed by atoms with Gasteiger partial charge in [-0.1, -0.05) is 35.8 Å². The fourth-order valence-electron chi connectivity index (χ4n) is 2.28. The molecule has 0 fully saturated rings. The first-order chi connectivity index (χ1) is 8.79. The van der Waals surface area contributed by atoms with E-state index in [-0.39, 0.29) is 11.4 Å². The van der Waals surface area contributed by atoms with Crippen LogP contribution in [0.3, 0.4) is 0 Å². The second kappa shape index (κ2) is 6.53. The van der Waals surface area contributed by atoms with E-state index in [9.17, 15) is 4.79 Å². The zero-order valence-corrected chi connectivity index (χ0v) is 13.7. The van der Waals surface area contributed by atoms with E-state index >= 15 is 0 Å². The molecule has 1 amide bonds. The van der Waals surface area contributed by atoms with Crippen LogP contribution in [-0.4, -0.2) is 18.0 Å². The van der Waals surface area contributed by atoms with Crippen molar-refractivity contribution in [2.24, 2.45) is 11.7 Å². The number of rotatable bonds is 5. The number of amides is 1. The van der Waals surface area contributed by atoms with Crippen molar-refractivity contribution in [3.8, 4) is 0 Å². The largest absolute Gasteiger partial charge is 0.346 e. The number of carbonyl (C=O) groups is 1. The minimum absolute atomic E-state index is 0.0626. The highest BCUT2D eigenvalue weighted by Gasteiger charge is 2.26. The summed E-state index contributed by atoms with van der Waals surface area (Å²) in [5.74, 6) is 0.421. The van der Waals surface area contributed by atoms with Gasteiger partial charge >= 0.3 is 0 Å². The smallest absolute Gasteiger partial charge is 0.252 e. The van der Waals surface area contributed by atoms with E-state index in [1.165, 1.54) is 0 Å². The summed E-state index contributed by atoms with van der Waals surface area (Å²) in [7, 11) is 0. The molecule has 0 saturated heterocycles. The van der Waals surface area contributed by atoms with Crippen molar-refractivity contribution in [3.63, 3.8) is 0 Å². The van der Waals surface area contributed by atoms with E-state index in [2.05, 4.69) is 35.1 Å². The zero-order valence-electron chi connectivity index (χ0n) is 12.1. The summed E-state index contributed by atoms with van der Waals surface area (Å²) in [4.78, 5) is 12.4. The summed E-state index contributed by atoms with van der Waals surface area (Å²) in [6.07, 6.45) is 0.863. The Hall–Kier alpha value is -0.870. The standard InChI is InChI=1S/C15H23BrN2O/c1-10(2)8-15(4,9-17)18-14(19)12-6-5-7-13(16)11(12)3/h5-7,10H,8-9,17H2,1-4H3,(H,18,19). The molecule has 1 unspecified atom stereocenters. The quantitative estimate of drug-likeness (QED) is 0.872. The number of nitrogens with two attached hydrogens (primary N) is 1. The highest BCUT2D eigenvalue weighted by molar-refractivity contribution is 9.10. The zero-order chi connectivity index (χ0) is 14.6. The van der Waals surface area contributed by atoms with Gasteiger partial charge in [0.2, 0.25) is 0 Å². The molecule has 106 valence electrons. The van der Waals surface area contributed by atoms with Gasteiger partial charge in [-0.15, -0.1) is 0 Å². The van der Waals surface area contributed by atoms with Crippen LogP contribution in [0.4, 0.5) is 0 Å². The maximum atomic E-state index is 12.4. The minimum atomic E-state index is -0.361. The SMILES string of the molecule is Cc1c(Br)cccc1C(=O)NC(C)(CN)CC(C)C. The molecule has 0 heterocycles. The lowest BCUT2D eigenvalue weighted by Gasteiger charge is -2.31. The molecular formula is C15H23BrN2O. The number of nitrogens with one attached hydrogen (secondary N) is 1. The Kier molecular flexibility index (Phi) is 5.56. The first-order valence-electron chi connectivity index (χ1n) is 6.57. The van der Waals surface area contributed by atoms with Crippen molar-refractivity contribution < 1.29 is 4.79 Å². The number of hydrogen-bond donors (Lipinski definition) is 2. The molecule has 0 saturated carbocycles. The van der Waals surface area contributed by atoms with Crippen LogP contribution < -0.4 is 11.1 Å². The van der Waals surface area contributed by atoms with Gasteiger partial charge in [0.25, 0.3) is 5.91 Å². The number of benzene rings is 1. The van der Waals surface area contributed by atoms with Crippen LogP contribution in [0.25, 0.3) is 0 Å². The molecule has 19 heavy (non-hydrogen) atoms. The molecule has 0 bridgehead atoms. The highest BCUT2D eigenvalue weighted by Crippen LogP contribution is 2.21. The number of halogens is 1. The van der Waals surface area contributed by atoms with Crippen LogP contribution >= 0.6 is 15.9 Å². The van der Waals surface area contributed by atoms with Crippen LogP contribution in [0.1, 0.15) is 43.1 Å². The third-order valence-electron chi connectivity index (χ3n) is 3.24. The van der Waals surface area contributed by atoms with E-state index in [0.29, 0.717) is 18.0 Å². The predicted molar refractivity (Wildman–Crippen MR) is 83.3 cm³/mol. The first kappa shape index (κ1) is 16.2. The Morgan fingerprint density at radius 2 is 2.11 bits per heavy atom. The normalized spacial score (nSPS) is 14.3. The van der Waals surface area contributed by atoms with Gasteiger partial charge in [0.05, 0.1) is 0 Å². The fraction of sp³-hybridized carbons (Fsp3) is 0.533. The van der Waals surface area contributed by atoms with Gasteiger partial charge in [-0.3, -0.25) is 4.79 Å². The van der Waals surface area contributed by atoms with Crippen molar-refractivity contribution in [1.29, 1.82) is 0 Å². The van der Waals surface area contributed by atoms with Gasteiger partial charge in [0, 0.05) is 22.1 Å². The molecule has 4 heteroatoms. The Balaban J connectivity index is 2.92. The molecule has 1 aromatic rings. The summed E-state index contributed by atoms with van der Waals surface area (Å²) >= 11 is 3.45. The van der Waals surface area contributed by atoms with Gasteiger partial charge in [0.15, 0.2) is 0 Å². The van der Waals surface area contributed by atoms with E-state index in [1.807, 2.05) is 32.0 Å².